The van der Waals surface area contributed by atoms with E-state index in [1.807, 2.05) is 13.8 Å². The fourth-order valence-corrected chi connectivity index (χ4v) is 2.10. The van der Waals surface area contributed by atoms with Crippen LogP contribution in [0.5, 0.6) is 0 Å². The molecule has 0 aromatic carbocycles. The average Bonchev–Trinajstić information content (AvgIpc) is 2.61. The van der Waals surface area contributed by atoms with Gasteiger partial charge in [-0.3, -0.25) is 0 Å². The Morgan fingerprint density at radius 1 is 1.47 bits per heavy atom. The first-order valence-corrected chi connectivity index (χ1v) is 6.09. The Morgan fingerprint density at radius 2 is 2.29 bits per heavy atom. The highest BCUT2D eigenvalue weighted by molar-refractivity contribution is 5.20. The molecule has 1 atom stereocenters. The van der Waals surface area contributed by atoms with E-state index >= 15 is 0 Å². The van der Waals surface area contributed by atoms with Gasteiger partial charge >= 0.3 is 0 Å². The van der Waals surface area contributed by atoms with Gasteiger partial charge in [0.1, 0.15) is 5.76 Å². The molecular formula is C12H21N3O2. The molecule has 1 aromatic rings. The minimum Gasteiger partial charge on any atom is -0.374 e. The molecule has 2 heterocycles. The molecule has 0 spiro atoms. The molecule has 1 aliphatic heterocycles. The lowest BCUT2D eigenvalue weighted by atomic mass is 10.2. The summed E-state index contributed by atoms with van der Waals surface area (Å²) < 4.78 is 10.8. The fourth-order valence-electron chi connectivity index (χ4n) is 2.10. The summed E-state index contributed by atoms with van der Waals surface area (Å²) in [6.45, 7) is 8.43. The molecule has 0 saturated carbocycles. The Labute approximate surface area is 102 Å². The van der Waals surface area contributed by atoms with Crippen LogP contribution >= 0.6 is 0 Å². The van der Waals surface area contributed by atoms with Gasteiger partial charge in [-0.15, -0.1) is 0 Å². The molecule has 5 nitrogen and oxygen atoms in total. The van der Waals surface area contributed by atoms with Crippen LogP contribution in [0.25, 0.3) is 0 Å². The Balaban J connectivity index is 1.76. The highest BCUT2D eigenvalue weighted by Crippen LogP contribution is 2.11. The molecule has 96 valence electrons. The van der Waals surface area contributed by atoms with Crippen molar-refractivity contribution in [1.82, 2.24) is 15.4 Å². The van der Waals surface area contributed by atoms with Crippen LogP contribution in [0.3, 0.4) is 0 Å². The molecule has 1 fully saturated rings. The molecule has 1 N–H and O–H groups in total. The van der Waals surface area contributed by atoms with Gasteiger partial charge in [-0.05, 0) is 20.9 Å². The van der Waals surface area contributed by atoms with Gasteiger partial charge in [0, 0.05) is 31.7 Å². The Hall–Kier alpha value is -0.910. The van der Waals surface area contributed by atoms with Crippen LogP contribution in [0, 0.1) is 13.8 Å². The Morgan fingerprint density at radius 3 is 2.94 bits per heavy atom. The number of nitrogens with zero attached hydrogens (tertiary/aromatic N) is 2. The zero-order chi connectivity index (χ0) is 12.3. The van der Waals surface area contributed by atoms with E-state index in [0.29, 0.717) is 0 Å². The smallest absolute Gasteiger partial charge is 0.138 e. The van der Waals surface area contributed by atoms with Gasteiger partial charge in [0.25, 0.3) is 0 Å². The molecule has 17 heavy (non-hydrogen) atoms. The highest BCUT2D eigenvalue weighted by atomic mass is 16.5. The maximum atomic E-state index is 5.69. The third-order valence-electron chi connectivity index (χ3n) is 3.20. The predicted octanol–water partition coefficient (Wildman–Crippen LogP) is 0.712. The van der Waals surface area contributed by atoms with Crippen molar-refractivity contribution in [3.63, 3.8) is 0 Å². The van der Waals surface area contributed by atoms with E-state index in [4.69, 9.17) is 9.26 Å². The van der Waals surface area contributed by atoms with Crippen LogP contribution in [0.4, 0.5) is 0 Å². The zero-order valence-electron chi connectivity index (χ0n) is 10.8. The van der Waals surface area contributed by atoms with Gasteiger partial charge in [-0.25, -0.2) is 0 Å². The lowest BCUT2D eigenvalue weighted by molar-refractivity contribution is -0.0182. The van der Waals surface area contributed by atoms with Crippen LogP contribution < -0.4 is 5.32 Å². The number of hydrogen-bond donors (Lipinski definition) is 1. The lowest BCUT2D eigenvalue weighted by Gasteiger charge is -2.30. The molecule has 0 amide bonds. The van der Waals surface area contributed by atoms with Crippen molar-refractivity contribution >= 4 is 0 Å². The number of likely N-dealkylation sites (N-methyl/N-ethyl adjacent to an activating group) is 1. The van der Waals surface area contributed by atoms with Crippen LogP contribution in [-0.2, 0) is 11.3 Å². The molecule has 2 rings (SSSR count). The summed E-state index contributed by atoms with van der Waals surface area (Å²) in [4.78, 5) is 2.30. The second-order valence-electron chi connectivity index (χ2n) is 4.69. The Kier molecular flexibility index (Phi) is 4.15. The minimum absolute atomic E-state index is 0.286. The number of morpholine rings is 1. The van der Waals surface area contributed by atoms with Crippen molar-refractivity contribution in [3.8, 4) is 0 Å². The first-order valence-electron chi connectivity index (χ1n) is 6.09. The van der Waals surface area contributed by atoms with E-state index in [0.717, 1.165) is 49.8 Å². The number of hydrogen-bond acceptors (Lipinski definition) is 5. The molecule has 0 bridgehead atoms. The maximum absolute atomic E-state index is 5.69. The van der Waals surface area contributed by atoms with Crippen molar-refractivity contribution in [1.29, 1.82) is 0 Å². The molecule has 0 unspecified atom stereocenters. The Bertz CT molecular complexity index is 345. The highest BCUT2D eigenvalue weighted by Gasteiger charge is 2.17. The SMILES string of the molecule is Cc1noc(C)c1CNC[C@H]1CN(C)CCO1. The van der Waals surface area contributed by atoms with E-state index in [-0.39, 0.29) is 6.10 Å². The average molecular weight is 239 g/mol. The number of ether oxygens (including phenoxy) is 1. The number of nitrogens with one attached hydrogen (secondary N) is 1. The van der Waals surface area contributed by atoms with Gasteiger partial charge in [0.15, 0.2) is 0 Å². The third-order valence-corrected chi connectivity index (χ3v) is 3.20. The van der Waals surface area contributed by atoms with E-state index in [1.165, 1.54) is 0 Å². The van der Waals surface area contributed by atoms with Crippen LogP contribution in [-0.4, -0.2) is 49.4 Å². The molecule has 0 aliphatic carbocycles. The minimum atomic E-state index is 0.286. The molecule has 5 heteroatoms. The largest absolute Gasteiger partial charge is 0.374 e. The third kappa shape index (κ3) is 3.28. The van der Waals surface area contributed by atoms with Crippen molar-refractivity contribution < 1.29 is 9.26 Å². The van der Waals surface area contributed by atoms with E-state index in [2.05, 4.69) is 22.4 Å². The maximum Gasteiger partial charge on any atom is 0.138 e. The van der Waals surface area contributed by atoms with Crippen molar-refractivity contribution in [3.05, 3.63) is 17.0 Å². The summed E-state index contributed by atoms with van der Waals surface area (Å²) in [6.07, 6.45) is 0.286. The predicted molar refractivity (Wildman–Crippen MR) is 64.9 cm³/mol. The van der Waals surface area contributed by atoms with Crippen LogP contribution in [0.1, 0.15) is 17.0 Å². The lowest BCUT2D eigenvalue weighted by Crippen LogP contribution is -2.44. The molecule has 0 radical (unpaired) electrons. The van der Waals surface area contributed by atoms with E-state index < -0.39 is 0 Å². The topological polar surface area (TPSA) is 50.5 Å². The number of aryl methyl sites for hydroxylation is 2. The summed E-state index contributed by atoms with van der Waals surface area (Å²) in [6, 6.07) is 0. The zero-order valence-corrected chi connectivity index (χ0v) is 10.8. The van der Waals surface area contributed by atoms with Crippen molar-refractivity contribution in [2.45, 2.75) is 26.5 Å². The van der Waals surface area contributed by atoms with Gasteiger partial charge in [-0.2, -0.15) is 0 Å². The summed E-state index contributed by atoms with van der Waals surface area (Å²) in [5.74, 6) is 0.900. The van der Waals surface area contributed by atoms with Gasteiger partial charge in [0.05, 0.1) is 18.4 Å². The summed E-state index contributed by atoms with van der Waals surface area (Å²) in [7, 11) is 2.13. The van der Waals surface area contributed by atoms with Crippen LogP contribution in [0.2, 0.25) is 0 Å². The molecule has 1 aliphatic rings. The van der Waals surface area contributed by atoms with Crippen molar-refractivity contribution in [2.24, 2.45) is 0 Å². The summed E-state index contributed by atoms with van der Waals surface area (Å²) in [5.41, 5.74) is 2.13. The van der Waals surface area contributed by atoms with E-state index in [1.54, 1.807) is 0 Å². The monoisotopic (exact) mass is 239 g/mol. The standard InChI is InChI=1S/C12H21N3O2/c1-9-12(10(2)17-14-9)7-13-6-11-8-15(3)4-5-16-11/h11,13H,4-8H2,1-3H3/t11-/m0/s1. The first kappa shape index (κ1) is 12.5. The normalized spacial score (nSPS) is 21.9. The molecule has 1 aromatic heterocycles. The van der Waals surface area contributed by atoms with Gasteiger partial charge in [0.2, 0.25) is 0 Å². The first-order chi connectivity index (χ1) is 8.16. The van der Waals surface area contributed by atoms with E-state index in [9.17, 15) is 0 Å². The fraction of sp³-hybridized carbons (Fsp3) is 0.750. The number of rotatable bonds is 4. The quantitative estimate of drug-likeness (QED) is 0.838. The van der Waals surface area contributed by atoms with Gasteiger partial charge in [-0.1, -0.05) is 5.16 Å². The van der Waals surface area contributed by atoms with Gasteiger partial charge < -0.3 is 19.5 Å². The summed E-state index contributed by atoms with van der Waals surface area (Å²) >= 11 is 0. The molecule has 1 saturated heterocycles. The van der Waals surface area contributed by atoms with Crippen molar-refractivity contribution in [2.75, 3.05) is 33.3 Å². The second-order valence-corrected chi connectivity index (χ2v) is 4.69. The van der Waals surface area contributed by atoms with Crippen LogP contribution in [0.15, 0.2) is 4.52 Å². The molecular weight excluding hydrogens is 218 g/mol. The summed E-state index contributed by atoms with van der Waals surface area (Å²) in [5, 5.41) is 7.35. The number of aromatic nitrogens is 1. The second kappa shape index (κ2) is 5.62.